The second-order valence-electron chi connectivity index (χ2n) is 4.83. The van der Waals surface area contributed by atoms with E-state index in [0.29, 0.717) is 22.7 Å². The van der Waals surface area contributed by atoms with Crippen LogP contribution in [0, 0.1) is 0 Å². The number of imidazole rings is 1. The van der Waals surface area contributed by atoms with Gasteiger partial charge in [0.05, 0.1) is 19.1 Å². The van der Waals surface area contributed by atoms with Crippen LogP contribution in [0.25, 0.3) is 11.7 Å². The van der Waals surface area contributed by atoms with E-state index >= 15 is 0 Å². The maximum absolute atomic E-state index is 11.7. The predicted octanol–water partition coefficient (Wildman–Crippen LogP) is 2.47. The van der Waals surface area contributed by atoms with Crippen molar-refractivity contribution in [2.75, 3.05) is 7.11 Å². The second-order valence-corrected chi connectivity index (χ2v) is 4.83. The van der Waals surface area contributed by atoms with Crippen LogP contribution >= 0.6 is 0 Å². The fourth-order valence-electron chi connectivity index (χ4n) is 2.13. The second kappa shape index (κ2) is 6.82. The standard InChI is InChI=1S/C17H14N2O5/c1-22-17(21)14-5-2-8-19-10-12(18-16(14)19)11-24-15(20)7-6-13-4-3-9-23-13/h2-10H,11H2,1H3/b7-6+. The average molecular weight is 326 g/mol. The minimum atomic E-state index is -0.517. The molecule has 7 nitrogen and oxygen atoms in total. The highest BCUT2D eigenvalue weighted by Gasteiger charge is 2.13. The molecule has 0 saturated carbocycles. The third-order valence-electron chi connectivity index (χ3n) is 3.23. The van der Waals surface area contributed by atoms with Gasteiger partial charge in [-0.15, -0.1) is 0 Å². The van der Waals surface area contributed by atoms with Crippen molar-refractivity contribution in [1.82, 2.24) is 9.38 Å². The van der Waals surface area contributed by atoms with Gasteiger partial charge in [-0.2, -0.15) is 0 Å². The molecule has 3 rings (SSSR count). The Morgan fingerprint density at radius 3 is 2.96 bits per heavy atom. The van der Waals surface area contributed by atoms with Crippen molar-refractivity contribution >= 4 is 23.7 Å². The van der Waals surface area contributed by atoms with Crippen LogP contribution in [0.3, 0.4) is 0 Å². The van der Waals surface area contributed by atoms with Crippen molar-refractivity contribution in [2.45, 2.75) is 6.61 Å². The summed E-state index contributed by atoms with van der Waals surface area (Å²) in [5.41, 5.74) is 1.31. The van der Waals surface area contributed by atoms with E-state index in [1.165, 1.54) is 25.5 Å². The minimum Gasteiger partial charge on any atom is -0.465 e. The highest BCUT2D eigenvalue weighted by Crippen LogP contribution is 2.13. The highest BCUT2D eigenvalue weighted by molar-refractivity contribution is 5.95. The number of ether oxygens (including phenoxy) is 2. The lowest BCUT2D eigenvalue weighted by Gasteiger charge is -2.00. The van der Waals surface area contributed by atoms with Gasteiger partial charge in [0.2, 0.25) is 0 Å². The molecule has 0 bridgehead atoms. The van der Waals surface area contributed by atoms with Crippen molar-refractivity contribution in [3.63, 3.8) is 0 Å². The van der Waals surface area contributed by atoms with E-state index < -0.39 is 11.9 Å². The van der Waals surface area contributed by atoms with Gasteiger partial charge in [-0.1, -0.05) is 0 Å². The summed E-state index contributed by atoms with van der Waals surface area (Å²) in [6.07, 6.45) is 7.73. The first kappa shape index (κ1) is 15.5. The Morgan fingerprint density at radius 2 is 2.21 bits per heavy atom. The molecular formula is C17H14N2O5. The zero-order valence-corrected chi connectivity index (χ0v) is 12.8. The number of nitrogens with zero attached hydrogens (tertiary/aromatic N) is 2. The fraction of sp³-hybridized carbons (Fsp3) is 0.118. The number of aromatic nitrogens is 2. The third kappa shape index (κ3) is 3.35. The molecule has 122 valence electrons. The zero-order chi connectivity index (χ0) is 16.9. The molecule has 0 aliphatic rings. The molecule has 0 amide bonds. The van der Waals surface area contributed by atoms with Gasteiger partial charge < -0.3 is 18.3 Å². The molecule has 0 spiro atoms. The first-order chi connectivity index (χ1) is 11.7. The van der Waals surface area contributed by atoms with Gasteiger partial charge in [-0.25, -0.2) is 14.6 Å². The minimum absolute atomic E-state index is 0.0103. The molecule has 3 heterocycles. The Hall–Kier alpha value is -3.35. The topological polar surface area (TPSA) is 83.0 Å². The highest BCUT2D eigenvalue weighted by atomic mass is 16.5. The van der Waals surface area contributed by atoms with Crippen molar-refractivity contribution in [3.8, 4) is 0 Å². The van der Waals surface area contributed by atoms with Crippen molar-refractivity contribution < 1.29 is 23.5 Å². The van der Waals surface area contributed by atoms with Crippen molar-refractivity contribution in [1.29, 1.82) is 0 Å². The van der Waals surface area contributed by atoms with E-state index in [1.54, 1.807) is 41.1 Å². The van der Waals surface area contributed by atoms with E-state index in [2.05, 4.69) is 4.98 Å². The Labute approximate surface area is 137 Å². The summed E-state index contributed by atoms with van der Waals surface area (Å²) in [4.78, 5) is 27.7. The third-order valence-corrected chi connectivity index (χ3v) is 3.23. The molecule has 7 heteroatoms. The molecule has 0 aromatic carbocycles. The van der Waals surface area contributed by atoms with Crippen molar-refractivity contribution in [3.05, 3.63) is 66.0 Å². The molecule has 0 saturated heterocycles. The number of carbonyl (C=O) groups is 2. The molecule has 0 unspecified atom stereocenters. The molecular weight excluding hydrogens is 312 g/mol. The number of carbonyl (C=O) groups excluding carboxylic acids is 2. The van der Waals surface area contributed by atoms with Crippen LogP contribution in [0.5, 0.6) is 0 Å². The van der Waals surface area contributed by atoms with E-state index in [-0.39, 0.29) is 6.61 Å². The number of hydrogen-bond donors (Lipinski definition) is 0. The van der Waals surface area contributed by atoms with Gasteiger partial charge in [-0.05, 0) is 30.3 Å². The van der Waals surface area contributed by atoms with Crippen LogP contribution < -0.4 is 0 Å². The molecule has 0 aliphatic heterocycles. The lowest BCUT2D eigenvalue weighted by atomic mass is 10.3. The summed E-state index contributed by atoms with van der Waals surface area (Å²) in [5.74, 6) is -0.435. The Bertz CT molecular complexity index is 893. The Kier molecular flexibility index (Phi) is 4.42. The number of hydrogen-bond acceptors (Lipinski definition) is 6. The van der Waals surface area contributed by atoms with Gasteiger partial charge in [0.15, 0.2) is 5.65 Å². The van der Waals surface area contributed by atoms with Crippen LogP contribution in [-0.2, 0) is 20.9 Å². The van der Waals surface area contributed by atoms with E-state index in [0.717, 1.165) is 0 Å². The van der Waals surface area contributed by atoms with Gasteiger partial charge in [-0.3, -0.25) is 0 Å². The predicted molar refractivity (Wildman–Crippen MR) is 84.1 cm³/mol. The summed E-state index contributed by atoms with van der Waals surface area (Å²) in [7, 11) is 1.31. The molecule has 24 heavy (non-hydrogen) atoms. The number of esters is 2. The molecule has 0 N–H and O–H groups in total. The summed E-state index contributed by atoms with van der Waals surface area (Å²) in [5, 5.41) is 0. The fourth-order valence-corrected chi connectivity index (χ4v) is 2.13. The molecule has 0 fully saturated rings. The monoisotopic (exact) mass is 326 g/mol. The largest absolute Gasteiger partial charge is 0.465 e. The quantitative estimate of drug-likeness (QED) is 0.529. The molecule has 3 aromatic heterocycles. The molecule has 0 radical (unpaired) electrons. The average Bonchev–Trinajstić information content (AvgIpc) is 3.25. The number of rotatable bonds is 5. The summed E-state index contributed by atoms with van der Waals surface area (Å²) in [6, 6.07) is 6.78. The lowest BCUT2D eigenvalue weighted by molar-refractivity contribution is -0.139. The Balaban J connectivity index is 1.69. The maximum Gasteiger partial charge on any atom is 0.341 e. The van der Waals surface area contributed by atoms with Gasteiger partial charge >= 0.3 is 11.9 Å². The van der Waals surface area contributed by atoms with Gasteiger partial charge in [0.25, 0.3) is 0 Å². The number of furan rings is 1. The number of methoxy groups -OCH3 is 1. The van der Waals surface area contributed by atoms with Gasteiger partial charge in [0, 0.05) is 18.5 Å². The van der Waals surface area contributed by atoms with Gasteiger partial charge in [0.1, 0.15) is 17.9 Å². The first-order valence-electron chi connectivity index (χ1n) is 7.10. The van der Waals surface area contributed by atoms with Crippen molar-refractivity contribution in [2.24, 2.45) is 0 Å². The summed E-state index contributed by atoms with van der Waals surface area (Å²) in [6.45, 7) is -0.0103. The van der Waals surface area contributed by atoms with Crippen LogP contribution in [-0.4, -0.2) is 28.4 Å². The van der Waals surface area contributed by atoms with Crippen LogP contribution in [0.2, 0.25) is 0 Å². The van der Waals surface area contributed by atoms with Crippen LogP contribution in [0.15, 0.2) is 53.4 Å². The van der Waals surface area contributed by atoms with Crippen LogP contribution in [0.1, 0.15) is 21.8 Å². The molecule has 0 atom stereocenters. The SMILES string of the molecule is COC(=O)c1cccn2cc(COC(=O)/C=C/c3ccco3)nc12. The smallest absolute Gasteiger partial charge is 0.341 e. The summed E-state index contributed by atoms with van der Waals surface area (Å²) < 4.78 is 16.6. The summed E-state index contributed by atoms with van der Waals surface area (Å²) >= 11 is 0. The van der Waals surface area contributed by atoms with E-state index in [4.69, 9.17) is 13.9 Å². The number of fused-ring (bicyclic) bond motifs is 1. The first-order valence-corrected chi connectivity index (χ1v) is 7.10. The lowest BCUT2D eigenvalue weighted by Crippen LogP contribution is -2.04. The molecule has 0 aliphatic carbocycles. The molecule has 3 aromatic rings. The Morgan fingerprint density at radius 1 is 1.33 bits per heavy atom. The maximum atomic E-state index is 11.7. The van der Waals surface area contributed by atoms with E-state index in [9.17, 15) is 9.59 Å². The normalized spacial score (nSPS) is 11.0. The zero-order valence-electron chi connectivity index (χ0n) is 12.8. The number of pyridine rings is 1. The van der Waals surface area contributed by atoms with Crippen LogP contribution in [0.4, 0.5) is 0 Å². The van der Waals surface area contributed by atoms with E-state index in [1.807, 2.05) is 0 Å².